The lowest BCUT2D eigenvalue weighted by atomic mass is 9.45. The Labute approximate surface area is 122 Å². The summed E-state index contributed by atoms with van der Waals surface area (Å²) in [5.41, 5.74) is 2.91. The number of nitrogens with zero attached hydrogens (tertiary/aromatic N) is 3. The highest BCUT2D eigenvalue weighted by molar-refractivity contribution is 6.66. The van der Waals surface area contributed by atoms with Crippen molar-refractivity contribution in [2.45, 2.75) is 19.2 Å². The van der Waals surface area contributed by atoms with Crippen molar-refractivity contribution in [3.63, 3.8) is 0 Å². The van der Waals surface area contributed by atoms with Gasteiger partial charge in [0.1, 0.15) is 5.69 Å². The molecular weight excluding hydrogens is 272 g/mol. The molecule has 0 atom stereocenters. The van der Waals surface area contributed by atoms with Crippen molar-refractivity contribution in [3.05, 3.63) is 40.5 Å². The minimum absolute atomic E-state index is 0.0369. The van der Waals surface area contributed by atoms with Crippen molar-refractivity contribution >= 4 is 24.6 Å². The second-order valence-electron chi connectivity index (χ2n) is 4.88. The zero-order chi connectivity index (χ0) is 14.1. The summed E-state index contributed by atoms with van der Waals surface area (Å²) >= 11 is 6.00. The van der Waals surface area contributed by atoms with Crippen LogP contribution in [0, 0.1) is 11.2 Å². The van der Waals surface area contributed by atoms with Crippen LogP contribution in [-0.2, 0) is 12.9 Å². The highest BCUT2D eigenvalue weighted by atomic mass is 35.5. The molecule has 0 saturated heterocycles. The number of hydrogen-bond donors (Lipinski definition) is 0. The monoisotopic (exact) mass is 283 g/mol. The first-order chi connectivity index (χ1) is 9.72. The van der Waals surface area contributed by atoms with E-state index >= 15 is 0 Å². The number of aldehydes is 1. The van der Waals surface area contributed by atoms with Crippen LogP contribution < -0.4 is 0 Å². The number of halogens is 1. The van der Waals surface area contributed by atoms with Gasteiger partial charge in [0.15, 0.2) is 6.29 Å². The molecule has 4 nitrogen and oxygen atoms in total. The van der Waals surface area contributed by atoms with E-state index in [1.54, 1.807) is 12.1 Å². The van der Waals surface area contributed by atoms with E-state index in [1.165, 1.54) is 0 Å². The zero-order valence-corrected chi connectivity index (χ0v) is 11.5. The summed E-state index contributed by atoms with van der Waals surface area (Å²) in [5, 5.41) is 14.2. The Morgan fingerprint density at radius 1 is 1.50 bits per heavy atom. The van der Waals surface area contributed by atoms with Gasteiger partial charge in [-0.25, -0.2) is 5.26 Å². The molecule has 98 valence electrons. The molecule has 1 aliphatic rings. The maximum absolute atomic E-state index is 11.4. The fraction of sp³-hybridized carbons (Fsp3) is 0.214. The van der Waals surface area contributed by atoms with E-state index in [2.05, 4.69) is 11.1 Å². The maximum atomic E-state index is 11.4. The Morgan fingerprint density at radius 3 is 3.05 bits per heavy atom. The van der Waals surface area contributed by atoms with Gasteiger partial charge in [-0.05, 0) is 24.8 Å². The van der Waals surface area contributed by atoms with Crippen molar-refractivity contribution in [3.8, 4) is 17.2 Å². The Hall–Kier alpha value is -2.06. The lowest BCUT2D eigenvalue weighted by molar-refractivity contribution is 0.112. The molecule has 0 bridgehead atoms. The highest BCUT2D eigenvalue weighted by Gasteiger charge is 2.28. The van der Waals surface area contributed by atoms with Crippen molar-refractivity contribution in [1.82, 2.24) is 9.78 Å². The molecule has 0 unspecified atom stereocenters. The summed E-state index contributed by atoms with van der Waals surface area (Å²) < 4.78 is 1.84. The standard InChI is InChI=1S/C14H11BClN3O/c16-11-3-1-2-10(6-11)14-12(8-20)13-7-15(9-17)4-5-19(13)18-14/h1-3,6,8H,4-5,7H2. The summed E-state index contributed by atoms with van der Waals surface area (Å²) in [6.45, 7) is 0.639. The second kappa shape index (κ2) is 5.14. The van der Waals surface area contributed by atoms with E-state index in [0.717, 1.165) is 23.9 Å². The van der Waals surface area contributed by atoms with Crippen LogP contribution in [0.1, 0.15) is 16.1 Å². The largest absolute Gasteiger partial charge is 0.298 e. The molecule has 3 rings (SSSR count). The van der Waals surface area contributed by atoms with E-state index in [-0.39, 0.29) is 6.71 Å². The molecule has 1 aliphatic heterocycles. The summed E-state index contributed by atoms with van der Waals surface area (Å²) in [6.07, 6.45) is 2.19. The van der Waals surface area contributed by atoms with Crippen LogP contribution in [0.25, 0.3) is 11.3 Å². The van der Waals surface area contributed by atoms with E-state index in [1.807, 2.05) is 16.8 Å². The van der Waals surface area contributed by atoms with Gasteiger partial charge in [-0.15, -0.1) is 0 Å². The molecule has 0 N–H and O–H groups in total. The zero-order valence-electron chi connectivity index (χ0n) is 10.7. The third-order valence-electron chi connectivity index (χ3n) is 3.63. The fourth-order valence-electron chi connectivity index (χ4n) is 2.61. The average molecular weight is 284 g/mol. The Balaban J connectivity index is 2.12. The van der Waals surface area contributed by atoms with Gasteiger partial charge in [0.2, 0.25) is 0 Å². The second-order valence-corrected chi connectivity index (χ2v) is 5.32. The molecule has 0 amide bonds. The topological polar surface area (TPSA) is 58.7 Å². The van der Waals surface area contributed by atoms with E-state index < -0.39 is 0 Å². The number of hydrogen-bond acceptors (Lipinski definition) is 3. The molecule has 20 heavy (non-hydrogen) atoms. The molecule has 2 aromatic rings. The number of carbonyl (C=O) groups is 1. The Morgan fingerprint density at radius 2 is 2.35 bits per heavy atom. The molecule has 0 radical (unpaired) electrons. The van der Waals surface area contributed by atoms with E-state index in [4.69, 9.17) is 16.9 Å². The highest BCUT2D eigenvalue weighted by Crippen LogP contribution is 2.29. The molecule has 1 aromatic heterocycles. The van der Waals surface area contributed by atoms with Crippen LogP contribution in [0.5, 0.6) is 0 Å². The number of carbonyl (C=O) groups excluding carboxylic acids is 1. The first kappa shape index (κ1) is 13.0. The fourth-order valence-corrected chi connectivity index (χ4v) is 2.80. The third-order valence-corrected chi connectivity index (χ3v) is 3.86. The Kier molecular flexibility index (Phi) is 3.33. The quantitative estimate of drug-likeness (QED) is 0.629. The predicted molar refractivity (Wildman–Crippen MR) is 77.9 cm³/mol. The van der Waals surface area contributed by atoms with Crippen molar-refractivity contribution < 1.29 is 4.79 Å². The normalized spacial score (nSPS) is 13.7. The molecule has 0 aliphatic carbocycles. The number of rotatable bonds is 2. The average Bonchev–Trinajstić information content (AvgIpc) is 2.84. The van der Waals surface area contributed by atoms with Gasteiger partial charge in [0.05, 0.1) is 5.56 Å². The molecule has 6 heteroatoms. The molecule has 0 spiro atoms. The van der Waals surface area contributed by atoms with Crippen molar-refractivity contribution in [2.75, 3.05) is 0 Å². The van der Waals surface area contributed by atoms with E-state index in [0.29, 0.717) is 29.1 Å². The molecule has 0 saturated carbocycles. The summed E-state index contributed by atoms with van der Waals surface area (Å²) in [7, 11) is 0. The van der Waals surface area contributed by atoms with Gasteiger partial charge < -0.3 is 0 Å². The summed E-state index contributed by atoms with van der Waals surface area (Å²) in [6, 6.07) is 7.30. The lowest BCUT2D eigenvalue weighted by Crippen LogP contribution is -2.26. The van der Waals surface area contributed by atoms with Gasteiger partial charge in [0, 0.05) is 28.8 Å². The van der Waals surface area contributed by atoms with Gasteiger partial charge in [-0.2, -0.15) is 5.10 Å². The molecule has 2 heterocycles. The minimum Gasteiger partial charge on any atom is -0.298 e. The predicted octanol–water partition coefficient (Wildman–Crippen LogP) is 2.67. The van der Waals surface area contributed by atoms with Gasteiger partial charge in [-0.3, -0.25) is 9.48 Å². The number of aromatic nitrogens is 2. The maximum Gasteiger partial charge on any atom is 0.275 e. The smallest absolute Gasteiger partial charge is 0.275 e. The van der Waals surface area contributed by atoms with Crippen LogP contribution in [0.3, 0.4) is 0 Å². The Bertz CT molecular complexity index is 720. The first-order valence-electron chi connectivity index (χ1n) is 6.43. The minimum atomic E-state index is -0.0369. The third kappa shape index (κ3) is 2.12. The van der Waals surface area contributed by atoms with Crippen molar-refractivity contribution in [2.24, 2.45) is 0 Å². The van der Waals surface area contributed by atoms with Gasteiger partial charge in [-0.1, -0.05) is 23.7 Å². The number of nitriles is 1. The van der Waals surface area contributed by atoms with E-state index in [9.17, 15) is 4.79 Å². The summed E-state index contributed by atoms with van der Waals surface area (Å²) in [5.74, 6) is 2.28. The summed E-state index contributed by atoms with van der Waals surface area (Å²) in [4.78, 5) is 11.4. The van der Waals surface area contributed by atoms with Gasteiger partial charge >= 0.3 is 0 Å². The van der Waals surface area contributed by atoms with Crippen LogP contribution in [0.4, 0.5) is 0 Å². The SMILES string of the molecule is N#CB1CCn2nc(-c3cccc(Cl)c3)c(C=O)c2C1. The van der Waals surface area contributed by atoms with Crippen LogP contribution in [0.2, 0.25) is 11.3 Å². The molecule has 1 aromatic carbocycles. The number of fused-ring (bicyclic) bond motifs is 1. The van der Waals surface area contributed by atoms with Crippen LogP contribution in [0.15, 0.2) is 24.3 Å². The number of aryl methyl sites for hydroxylation is 1. The van der Waals surface area contributed by atoms with Crippen molar-refractivity contribution in [1.29, 1.82) is 5.26 Å². The van der Waals surface area contributed by atoms with Crippen LogP contribution in [-0.4, -0.2) is 22.8 Å². The van der Waals surface area contributed by atoms with Crippen LogP contribution >= 0.6 is 11.6 Å². The number of benzene rings is 1. The first-order valence-corrected chi connectivity index (χ1v) is 6.81. The molecular formula is C14H11BClN3O. The molecule has 0 fully saturated rings. The lowest BCUT2D eigenvalue weighted by Gasteiger charge is -2.15. The van der Waals surface area contributed by atoms with Gasteiger partial charge in [0.25, 0.3) is 6.71 Å².